The quantitative estimate of drug-likeness (QED) is 0.681. The van der Waals surface area contributed by atoms with Gasteiger partial charge in [-0.2, -0.15) is 0 Å². The van der Waals surface area contributed by atoms with Crippen molar-refractivity contribution < 1.29 is 9.94 Å². The van der Waals surface area contributed by atoms with Gasteiger partial charge in [0.15, 0.2) is 0 Å². The zero-order chi connectivity index (χ0) is 14.5. The Morgan fingerprint density at radius 1 is 1.10 bits per heavy atom. The molecule has 1 saturated heterocycles. The van der Waals surface area contributed by atoms with E-state index in [9.17, 15) is 5.21 Å². The zero-order valence-corrected chi connectivity index (χ0v) is 12.4. The maximum Gasteiger partial charge on any atom is 0.0889 e. The normalized spacial score (nSPS) is 22.1. The first-order valence-corrected chi connectivity index (χ1v) is 7.74. The van der Waals surface area contributed by atoms with Gasteiger partial charge in [-0.15, -0.1) is 0 Å². The van der Waals surface area contributed by atoms with Crippen LogP contribution in [0.4, 0.5) is 5.69 Å². The highest BCUT2D eigenvalue weighted by Gasteiger charge is 2.20. The van der Waals surface area contributed by atoms with Crippen LogP contribution >= 0.6 is 0 Å². The molecule has 1 aromatic carbocycles. The average Bonchev–Trinajstić information content (AvgIpc) is 2.73. The van der Waals surface area contributed by atoms with Crippen molar-refractivity contribution in [2.24, 2.45) is 5.16 Å². The molecule has 0 unspecified atom stereocenters. The number of oxime groups is 1. The molecule has 0 aromatic heterocycles. The number of rotatable bonds is 3. The molecule has 2 aliphatic heterocycles. The van der Waals surface area contributed by atoms with Gasteiger partial charge < -0.3 is 14.8 Å². The van der Waals surface area contributed by atoms with Crippen LogP contribution in [0.1, 0.15) is 18.4 Å². The van der Waals surface area contributed by atoms with E-state index in [-0.39, 0.29) is 0 Å². The van der Waals surface area contributed by atoms with E-state index in [1.165, 1.54) is 5.69 Å². The van der Waals surface area contributed by atoms with E-state index < -0.39 is 0 Å². The molecule has 0 amide bonds. The first-order valence-electron chi connectivity index (χ1n) is 7.74. The fourth-order valence-electron chi connectivity index (χ4n) is 3.11. The predicted molar refractivity (Wildman–Crippen MR) is 83.5 cm³/mol. The Morgan fingerprint density at radius 2 is 1.90 bits per heavy atom. The molecule has 5 nitrogen and oxygen atoms in total. The summed E-state index contributed by atoms with van der Waals surface area (Å²) < 4.78 is 5.40. The van der Waals surface area contributed by atoms with Crippen LogP contribution in [0.5, 0.6) is 0 Å². The standard InChI is InChI=1S/C16H23N3O2/c20-17-15-5-3-7-19(16-6-2-1-4-14(15)16)9-8-18-10-12-21-13-11-18/h1-2,4,6,20H,3,5,7-13H2/b17-15-. The Morgan fingerprint density at radius 3 is 2.71 bits per heavy atom. The molecule has 3 rings (SSSR count). The van der Waals surface area contributed by atoms with Gasteiger partial charge in [0, 0.05) is 44.0 Å². The molecule has 0 saturated carbocycles. The van der Waals surface area contributed by atoms with Gasteiger partial charge in [-0.3, -0.25) is 4.90 Å². The van der Waals surface area contributed by atoms with Crippen LogP contribution in [0.2, 0.25) is 0 Å². The lowest BCUT2D eigenvalue weighted by Gasteiger charge is -2.31. The van der Waals surface area contributed by atoms with Crippen molar-refractivity contribution >= 4 is 11.4 Å². The molecule has 0 spiro atoms. The van der Waals surface area contributed by atoms with E-state index in [4.69, 9.17) is 4.74 Å². The van der Waals surface area contributed by atoms with Crippen LogP contribution in [0.25, 0.3) is 0 Å². The van der Waals surface area contributed by atoms with Gasteiger partial charge in [0.2, 0.25) is 0 Å². The summed E-state index contributed by atoms with van der Waals surface area (Å²) in [6.45, 7) is 6.83. The van der Waals surface area contributed by atoms with Crippen LogP contribution in [0, 0.1) is 0 Å². The number of morpholine rings is 1. The lowest BCUT2D eigenvalue weighted by molar-refractivity contribution is 0.0392. The average molecular weight is 289 g/mol. The summed E-state index contributed by atoms with van der Waals surface area (Å²) in [6.07, 6.45) is 1.86. The molecule has 21 heavy (non-hydrogen) atoms. The summed E-state index contributed by atoms with van der Waals surface area (Å²) in [4.78, 5) is 4.88. The van der Waals surface area contributed by atoms with Gasteiger partial charge in [0.25, 0.3) is 0 Å². The third-order valence-corrected chi connectivity index (χ3v) is 4.31. The second kappa shape index (κ2) is 6.91. The Balaban J connectivity index is 1.72. The van der Waals surface area contributed by atoms with E-state index in [1.807, 2.05) is 6.07 Å². The first kappa shape index (κ1) is 14.4. The summed E-state index contributed by atoms with van der Waals surface area (Å²) in [6, 6.07) is 8.25. The number of para-hydroxylation sites is 1. The lowest BCUT2D eigenvalue weighted by atomic mass is 10.1. The number of nitrogens with zero attached hydrogens (tertiary/aromatic N) is 3. The largest absolute Gasteiger partial charge is 0.411 e. The lowest BCUT2D eigenvalue weighted by Crippen LogP contribution is -2.41. The second-order valence-electron chi connectivity index (χ2n) is 5.61. The number of hydrogen-bond acceptors (Lipinski definition) is 5. The van der Waals surface area contributed by atoms with Crippen molar-refractivity contribution in [1.29, 1.82) is 0 Å². The van der Waals surface area contributed by atoms with E-state index in [0.29, 0.717) is 0 Å². The Kier molecular flexibility index (Phi) is 4.72. The van der Waals surface area contributed by atoms with E-state index in [1.54, 1.807) is 0 Å². The Labute approximate surface area is 125 Å². The molecule has 0 radical (unpaired) electrons. The summed E-state index contributed by atoms with van der Waals surface area (Å²) in [5.74, 6) is 0. The molecule has 0 atom stereocenters. The number of fused-ring (bicyclic) bond motifs is 1. The maximum atomic E-state index is 9.23. The summed E-state index contributed by atoms with van der Waals surface area (Å²) in [5.41, 5.74) is 3.06. The van der Waals surface area contributed by atoms with Gasteiger partial charge in [-0.05, 0) is 18.9 Å². The zero-order valence-electron chi connectivity index (χ0n) is 12.4. The molecule has 2 heterocycles. The van der Waals surface area contributed by atoms with Gasteiger partial charge in [0.05, 0.1) is 18.9 Å². The minimum absolute atomic E-state index is 0.805. The highest BCUT2D eigenvalue weighted by atomic mass is 16.5. The van der Waals surface area contributed by atoms with E-state index >= 15 is 0 Å². The molecule has 0 bridgehead atoms. The number of hydrogen-bond donors (Lipinski definition) is 1. The van der Waals surface area contributed by atoms with Crippen LogP contribution in [-0.2, 0) is 4.74 Å². The van der Waals surface area contributed by atoms with Crippen molar-refractivity contribution in [2.45, 2.75) is 12.8 Å². The monoisotopic (exact) mass is 289 g/mol. The highest BCUT2D eigenvalue weighted by molar-refractivity contribution is 6.05. The summed E-state index contributed by atoms with van der Waals surface area (Å²) in [5, 5.41) is 12.7. The van der Waals surface area contributed by atoms with Gasteiger partial charge in [-0.1, -0.05) is 23.4 Å². The predicted octanol–water partition coefficient (Wildman–Crippen LogP) is 1.80. The van der Waals surface area contributed by atoms with Crippen LogP contribution < -0.4 is 4.90 Å². The van der Waals surface area contributed by atoms with Crippen molar-refractivity contribution in [3.8, 4) is 0 Å². The van der Waals surface area contributed by atoms with E-state index in [2.05, 4.69) is 33.2 Å². The minimum Gasteiger partial charge on any atom is -0.411 e. The maximum absolute atomic E-state index is 9.23. The van der Waals surface area contributed by atoms with Crippen molar-refractivity contribution in [2.75, 3.05) is 50.8 Å². The SMILES string of the molecule is O/N=C1/CCCN(CCN2CCOCC2)c2ccccc21. The van der Waals surface area contributed by atoms with E-state index in [0.717, 1.165) is 70.1 Å². The highest BCUT2D eigenvalue weighted by Crippen LogP contribution is 2.26. The number of anilines is 1. The third kappa shape index (κ3) is 3.36. The number of benzene rings is 1. The van der Waals surface area contributed by atoms with Gasteiger partial charge in [-0.25, -0.2) is 0 Å². The van der Waals surface area contributed by atoms with Crippen LogP contribution in [-0.4, -0.2) is 61.8 Å². The molecule has 2 aliphatic rings. The Hall–Kier alpha value is -1.59. The molecule has 1 N–H and O–H groups in total. The fraction of sp³-hybridized carbons (Fsp3) is 0.562. The smallest absolute Gasteiger partial charge is 0.0889 e. The topological polar surface area (TPSA) is 48.3 Å². The second-order valence-corrected chi connectivity index (χ2v) is 5.61. The molecule has 1 aromatic rings. The first-order chi connectivity index (χ1) is 10.4. The molecular formula is C16H23N3O2. The third-order valence-electron chi connectivity index (χ3n) is 4.31. The molecular weight excluding hydrogens is 266 g/mol. The molecule has 114 valence electrons. The Bertz CT molecular complexity index is 498. The molecule has 1 fully saturated rings. The minimum atomic E-state index is 0.805. The number of ether oxygens (including phenoxy) is 1. The molecule has 0 aliphatic carbocycles. The van der Waals surface area contributed by atoms with Gasteiger partial charge in [0.1, 0.15) is 0 Å². The van der Waals surface area contributed by atoms with Crippen LogP contribution in [0.15, 0.2) is 29.4 Å². The fourth-order valence-corrected chi connectivity index (χ4v) is 3.11. The van der Waals surface area contributed by atoms with Crippen molar-refractivity contribution in [1.82, 2.24) is 4.90 Å². The van der Waals surface area contributed by atoms with Crippen LogP contribution in [0.3, 0.4) is 0 Å². The molecule has 5 heteroatoms. The summed E-state index contributed by atoms with van der Waals surface area (Å²) in [7, 11) is 0. The summed E-state index contributed by atoms with van der Waals surface area (Å²) >= 11 is 0. The van der Waals surface area contributed by atoms with Crippen molar-refractivity contribution in [3.63, 3.8) is 0 Å². The van der Waals surface area contributed by atoms with Crippen molar-refractivity contribution in [3.05, 3.63) is 29.8 Å². The van der Waals surface area contributed by atoms with Gasteiger partial charge >= 0.3 is 0 Å².